The molecule has 1 unspecified atom stereocenters. The Bertz CT molecular complexity index is 741. The first kappa shape index (κ1) is 16.0. The van der Waals surface area contributed by atoms with Crippen molar-refractivity contribution < 1.29 is 23.1 Å². The Morgan fingerprint density at radius 3 is 2.75 bits per heavy atom. The molecule has 0 aliphatic carbocycles. The van der Waals surface area contributed by atoms with Gasteiger partial charge in [-0.1, -0.05) is 0 Å². The van der Waals surface area contributed by atoms with Gasteiger partial charge in [0.05, 0.1) is 24.8 Å². The van der Waals surface area contributed by atoms with Crippen LogP contribution in [0.5, 0.6) is 5.75 Å². The number of ether oxygens (including phenoxy) is 1. The van der Waals surface area contributed by atoms with Crippen LogP contribution in [0.2, 0.25) is 0 Å². The normalized spacial score (nSPS) is 17.0. The molecule has 0 radical (unpaired) electrons. The molecule has 0 spiro atoms. The lowest BCUT2D eigenvalue weighted by atomic mass is 10.2. The first-order chi connectivity index (χ1) is 11.5. The van der Waals surface area contributed by atoms with Crippen LogP contribution in [0.4, 0.5) is 4.39 Å². The molecule has 0 bridgehead atoms. The zero-order valence-electron chi connectivity index (χ0n) is 12.9. The molecule has 3 rings (SSSR count). The maximum absolute atomic E-state index is 12.9. The minimum Gasteiger partial charge on any atom is -0.489 e. The molecule has 2 aromatic rings. The fourth-order valence-electron chi connectivity index (χ4n) is 2.71. The predicted octanol–water partition coefficient (Wildman–Crippen LogP) is 1.74. The van der Waals surface area contributed by atoms with Crippen LogP contribution < -0.4 is 10.5 Å². The average molecular weight is 332 g/mol. The molecule has 126 valence electrons. The van der Waals surface area contributed by atoms with Crippen LogP contribution in [-0.2, 0) is 11.2 Å². The van der Waals surface area contributed by atoms with Crippen molar-refractivity contribution in [2.45, 2.75) is 18.9 Å². The molecule has 0 saturated carbocycles. The van der Waals surface area contributed by atoms with Gasteiger partial charge in [0.1, 0.15) is 23.4 Å². The minimum absolute atomic E-state index is 0.114. The van der Waals surface area contributed by atoms with E-state index in [2.05, 4.69) is 0 Å². The van der Waals surface area contributed by atoms with E-state index in [9.17, 15) is 14.0 Å². The molecule has 1 aliphatic heterocycles. The number of rotatable bonds is 5. The van der Waals surface area contributed by atoms with E-state index in [0.29, 0.717) is 30.8 Å². The number of hydrogen-bond acceptors (Lipinski definition) is 4. The van der Waals surface area contributed by atoms with Crippen molar-refractivity contribution in [3.63, 3.8) is 0 Å². The predicted molar refractivity (Wildman–Crippen MR) is 82.9 cm³/mol. The number of amides is 2. The second-order valence-corrected chi connectivity index (χ2v) is 5.63. The van der Waals surface area contributed by atoms with Gasteiger partial charge in [0.25, 0.3) is 5.91 Å². The molecule has 7 heteroatoms. The Hall–Kier alpha value is -2.83. The molecular weight excluding hydrogens is 315 g/mol. The van der Waals surface area contributed by atoms with Gasteiger partial charge in [-0.25, -0.2) is 4.39 Å². The van der Waals surface area contributed by atoms with Gasteiger partial charge in [-0.3, -0.25) is 9.59 Å². The van der Waals surface area contributed by atoms with Gasteiger partial charge in [0.15, 0.2) is 0 Å². The Morgan fingerprint density at radius 2 is 2.04 bits per heavy atom. The molecule has 6 nitrogen and oxygen atoms in total. The summed E-state index contributed by atoms with van der Waals surface area (Å²) >= 11 is 0. The third-order valence-corrected chi connectivity index (χ3v) is 3.86. The summed E-state index contributed by atoms with van der Waals surface area (Å²) in [4.78, 5) is 25.2. The van der Waals surface area contributed by atoms with Crippen LogP contribution in [0.1, 0.15) is 22.5 Å². The number of primary amides is 1. The summed E-state index contributed by atoms with van der Waals surface area (Å²) in [6, 6.07) is 7.31. The quantitative estimate of drug-likeness (QED) is 0.904. The Morgan fingerprint density at radius 1 is 1.29 bits per heavy atom. The van der Waals surface area contributed by atoms with E-state index in [1.165, 1.54) is 24.5 Å². The fraction of sp³-hybridized carbons (Fsp3) is 0.294. The largest absolute Gasteiger partial charge is 0.489 e. The van der Waals surface area contributed by atoms with Gasteiger partial charge >= 0.3 is 0 Å². The number of carbonyl (C=O) groups is 2. The highest BCUT2D eigenvalue weighted by atomic mass is 19.1. The lowest BCUT2D eigenvalue weighted by Crippen LogP contribution is -2.31. The minimum atomic E-state index is -0.557. The second kappa shape index (κ2) is 6.74. The number of halogens is 1. The van der Waals surface area contributed by atoms with Crippen LogP contribution in [0, 0.1) is 5.82 Å². The number of furan rings is 1. The van der Waals surface area contributed by atoms with E-state index in [0.717, 1.165) is 0 Å². The Labute approximate surface area is 138 Å². The number of carbonyl (C=O) groups excluding carboxylic acids is 2. The van der Waals surface area contributed by atoms with E-state index >= 15 is 0 Å². The van der Waals surface area contributed by atoms with Crippen molar-refractivity contribution in [2.75, 3.05) is 13.1 Å². The lowest BCUT2D eigenvalue weighted by Gasteiger charge is -2.17. The maximum Gasteiger partial charge on any atom is 0.257 e. The van der Waals surface area contributed by atoms with Crippen molar-refractivity contribution in [1.82, 2.24) is 4.90 Å². The molecule has 1 aliphatic rings. The van der Waals surface area contributed by atoms with Crippen LogP contribution in [0.25, 0.3) is 0 Å². The number of hydrogen-bond donors (Lipinski definition) is 1. The van der Waals surface area contributed by atoms with Crippen molar-refractivity contribution in [1.29, 1.82) is 0 Å². The van der Waals surface area contributed by atoms with Gasteiger partial charge < -0.3 is 19.8 Å². The average Bonchev–Trinajstić information content (AvgIpc) is 3.18. The zero-order valence-corrected chi connectivity index (χ0v) is 12.9. The highest BCUT2D eigenvalue weighted by Crippen LogP contribution is 2.22. The summed E-state index contributed by atoms with van der Waals surface area (Å²) < 4.78 is 23.8. The zero-order chi connectivity index (χ0) is 17.1. The maximum atomic E-state index is 12.9. The van der Waals surface area contributed by atoms with Crippen LogP contribution in [0.3, 0.4) is 0 Å². The highest BCUT2D eigenvalue weighted by molar-refractivity contribution is 5.96. The van der Waals surface area contributed by atoms with E-state index in [1.807, 2.05) is 0 Å². The molecular formula is C17H17FN2O4. The first-order valence-electron chi connectivity index (χ1n) is 7.59. The van der Waals surface area contributed by atoms with E-state index in [4.69, 9.17) is 14.9 Å². The SMILES string of the molecule is NC(=O)Cc1occc1C(=O)N1CCC(Oc2ccc(F)cc2)C1. The summed E-state index contributed by atoms with van der Waals surface area (Å²) in [5, 5.41) is 0. The topological polar surface area (TPSA) is 85.8 Å². The lowest BCUT2D eigenvalue weighted by molar-refractivity contribution is -0.117. The molecule has 1 fully saturated rings. The molecule has 24 heavy (non-hydrogen) atoms. The van der Waals surface area contributed by atoms with Crippen LogP contribution in [-0.4, -0.2) is 35.9 Å². The van der Waals surface area contributed by atoms with Gasteiger partial charge in [-0.05, 0) is 30.3 Å². The monoisotopic (exact) mass is 332 g/mol. The fourth-order valence-corrected chi connectivity index (χ4v) is 2.71. The Balaban J connectivity index is 1.63. The van der Waals surface area contributed by atoms with E-state index in [1.54, 1.807) is 17.0 Å². The standard InChI is InChI=1S/C17H17FN2O4/c18-11-1-3-12(4-2-11)24-13-5-7-20(10-13)17(22)14-6-8-23-15(14)9-16(19)21/h1-4,6,8,13H,5,7,9-10H2,(H2,19,21). The number of benzene rings is 1. The van der Waals surface area contributed by atoms with Gasteiger partial charge in [0, 0.05) is 13.0 Å². The molecule has 1 atom stereocenters. The van der Waals surface area contributed by atoms with Crippen molar-refractivity contribution in [3.8, 4) is 5.75 Å². The molecule has 1 saturated heterocycles. The van der Waals surface area contributed by atoms with Crippen molar-refractivity contribution in [2.24, 2.45) is 5.73 Å². The highest BCUT2D eigenvalue weighted by Gasteiger charge is 2.30. The van der Waals surface area contributed by atoms with Crippen molar-refractivity contribution in [3.05, 3.63) is 53.7 Å². The summed E-state index contributed by atoms with van der Waals surface area (Å²) in [7, 11) is 0. The number of likely N-dealkylation sites (tertiary alicyclic amines) is 1. The number of nitrogens with two attached hydrogens (primary N) is 1. The van der Waals surface area contributed by atoms with Crippen molar-refractivity contribution >= 4 is 11.8 Å². The molecule has 2 N–H and O–H groups in total. The van der Waals surface area contributed by atoms with Gasteiger partial charge in [0.2, 0.25) is 5.91 Å². The van der Waals surface area contributed by atoms with Gasteiger partial charge in [-0.15, -0.1) is 0 Å². The molecule has 1 aromatic carbocycles. The van der Waals surface area contributed by atoms with E-state index < -0.39 is 5.91 Å². The Kier molecular flexibility index (Phi) is 4.50. The summed E-state index contributed by atoms with van der Waals surface area (Å²) in [5.74, 6) is -0.264. The summed E-state index contributed by atoms with van der Waals surface area (Å²) in [6.45, 7) is 0.948. The van der Waals surface area contributed by atoms with Crippen LogP contribution in [0.15, 0.2) is 41.0 Å². The summed E-state index contributed by atoms with van der Waals surface area (Å²) in [6.07, 6.45) is 1.77. The summed E-state index contributed by atoms with van der Waals surface area (Å²) in [5.41, 5.74) is 5.50. The first-order valence-corrected chi connectivity index (χ1v) is 7.59. The molecule has 2 amide bonds. The van der Waals surface area contributed by atoms with E-state index in [-0.39, 0.29) is 30.0 Å². The smallest absolute Gasteiger partial charge is 0.257 e. The van der Waals surface area contributed by atoms with Crippen LogP contribution >= 0.6 is 0 Å². The second-order valence-electron chi connectivity index (χ2n) is 5.63. The molecule has 1 aromatic heterocycles. The third-order valence-electron chi connectivity index (χ3n) is 3.86. The van der Waals surface area contributed by atoms with Gasteiger partial charge in [-0.2, -0.15) is 0 Å². The number of nitrogens with zero attached hydrogens (tertiary/aromatic N) is 1. The third kappa shape index (κ3) is 3.56. The molecule has 2 heterocycles.